The van der Waals surface area contributed by atoms with Gasteiger partial charge in [0.1, 0.15) is 5.76 Å². The average Bonchev–Trinajstić information content (AvgIpc) is 3.17. The Morgan fingerprint density at radius 2 is 1.67 bits per heavy atom. The zero-order valence-corrected chi connectivity index (χ0v) is 17.1. The van der Waals surface area contributed by atoms with Crippen molar-refractivity contribution in [1.29, 1.82) is 0 Å². The average molecular weight is 474 g/mol. The van der Waals surface area contributed by atoms with Crippen LogP contribution in [0, 0.1) is 0 Å². The second-order valence-electron chi connectivity index (χ2n) is 5.90. The van der Waals surface area contributed by atoms with Gasteiger partial charge in [0.25, 0.3) is 0 Å². The summed E-state index contributed by atoms with van der Waals surface area (Å²) < 4.78 is 44.2. The molecule has 0 fully saturated rings. The van der Waals surface area contributed by atoms with Crippen molar-refractivity contribution in [3.8, 4) is 11.3 Å². The van der Waals surface area contributed by atoms with E-state index in [4.69, 9.17) is 39.8 Å². The SMILES string of the molecule is O=C(NNC(=S)Nc1ccc(Cl)cc1)c1ccc(-c2cc(C(F)(F)F)ccc2Cl)o1. The highest BCUT2D eigenvalue weighted by molar-refractivity contribution is 7.80. The van der Waals surface area contributed by atoms with Gasteiger partial charge in [0.2, 0.25) is 0 Å². The zero-order chi connectivity index (χ0) is 21.9. The van der Waals surface area contributed by atoms with Crippen LogP contribution in [0.25, 0.3) is 11.3 Å². The first-order valence-electron chi connectivity index (χ1n) is 8.23. The molecule has 0 spiro atoms. The summed E-state index contributed by atoms with van der Waals surface area (Å²) in [4.78, 5) is 12.2. The smallest absolute Gasteiger partial charge is 0.416 e. The molecule has 156 valence electrons. The minimum atomic E-state index is -4.54. The number of carbonyl (C=O) groups is 1. The predicted molar refractivity (Wildman–Crippen MR) is 112 cm³/mol. The zero-order valence-electron chi connectivity index (χ0n) is 14.8. The van der Waals surface area contributed by atoms with Crippen molar-refractivity contribution in [1.82, 2.24) is 10.9 Å². The van der Waals surface area contributed by atoms with Crippen molar-refractivity contribution in [2.75, 3.05) is 5.32 Å². The lowest BCUT2D eigenvalue weighted by Gasteiger charge is -2.11. The molecule has 0 radical (unpaired) electrons. The number of alkyl halides is 3. The molecule has 1 aromatic heterocycles. The topological polar surface area (TPSA) is 66.3 Å². The molecule has 3 aromatic rings. The van der Waals surface area contributed by atoms with Gasteiger partial charge in [-0.1, -0.05) is 23.2 Å². The summed E-state index contributed by atoms with van der Waals surface area (Å²) in [5.74, 6) is -0.831. The third-order valence-corrected chi connectivity index (χ3v) is 4.57. The van der Waals surface area contributed by atoms with Crippen LogP contribution >= 0.6 is 35.4 Å². The molecule has 0 unspecified atom stereocenters. The van der Waals surface area contributed by atoms with E-state index in [0.717, 1.165) is 18.2 Å². The standard InChI is InChI=1S/C19H12Cl2F3N3O2S/c20-11-2-4-12(5-3-11)25-18(30)27-26-17(28)16-8-7-15(29-16)13-9-10(19(22,23)24)1-6-14(13)21/h1-9H,(H,26,28)(H2,25,27,30). The molecule has 0 bridgehead atoms. The largest absolute Gasteiger partial charge is 0.451 e. The lowest BCUT2D eigenvalue weighted by atomic mass is 10.1. The number of nitrogens with one attached hydrogen (secondary N) is 3. The van der Waals surface area contributed by atoms with Crippen LogP contribution in [0.1, 0.15) is 16.1 Å². The number of carbonyl (C=O) groups excluding carboxylic acids is 1. The van der Waals surface area contributed by atoms with Crippen molar-refractivity contribution in [3.05, 3.63) is 76.0 Å². The predicted octanol–water partition coefficient (Wildman–Crippen LogP) is 5.90. The summed E-state index contributed by atoms with van der Waals surface area (Å²) in [6.07, 6.45) is -4.54. The summed E-state index contributed by atoms with van der Waals surface area (Å²) >= 11 is 16.8. The molecule has 2 aromatic carbocycles. The molecule has 0 aliphatic heterocycles. The summed E-state index contributed by atoms with van der Waals surface area (Å²) in [5, 5.41) is 3.53. The van der Waals surface area contributed by atoms with Gasteiger partial charge in [-0.2, -0.15) is 13.2 Å². The van der Waals surface area contributed by atoms with Gasteiger partial charge in [-0.05, 0) is 66.8 Å². The second-order valence-corrected chi connectivity index (χ2v) is 7.15. The molecular formula is C19H12Cl2F3N3O2S. The Kier molecular flexibility index (Phi) is 6.55. The lowest BCUT2D eigenvalue weighted by molar-refractivity contribution is -0.137. The molecule has 0 atom stereocenters. The maximum atomic E-state index is 12.9. The van der Waals surface area contributed by atoms with E-state index in [9.17, 15) is 18.0 Å². The second kappa shape index (κ2) is 8.95. The minimum Gasteiger partial charge on any atom is -0.451 e. The molecular weight excluding hydrogens is 462 g/mol. The molecule has 0 aliphatic carbocycles. The van der Waals surface area contributed by atoms with E-state index in [1.165, 1.54) is 12.1 Å². The number of thiocarbonyl (C=S) groups is 1. The van der Waals surface area contributed by atoms with Gasteiger partial charge in [-0.15, -0.1) is 0 Å². The highest BCUT2D eigenvalue weighted by Crippen LogP contribution is 2.36. The van der Waals surface area contributed by atoms with Crippen molar-refractivity contribution < 1.29 is 22.4 Å². The third-order valence-electron chi connectivity index (χ3n) is 3.78. The fourth-order valence-corrected chi connectivity index (χ4v) is 2.87. The Balaban J connectivity index is 1.65. The van der Waals surface area contributed by atoms with Crippen molar-refractivity contribution in [2.24, 2.45) is 0 Å². The first kappa shape index (κ1) is 21.9. The number of benzene rings is 2. The van der Waals surface area contributed by atoms with Crippen molar-refractivity contribution in [3.63, 3.8) is 0 Å². The van der Waals surface area contributed by atoms with Crippen LogP contribution in [-0.4, -0.2) is 11.0 Å². The quantitative estimate of drug-likeness (QED) is 0.326. The Bertz CT molecular complexity index is 1090. The highest BCUT2D eigenvalue weighted by Gasteiger charge is 2.31. The van der Waals surface area contributed by atoms with Crippen LogP contribution in [0.2, 0.25) is 10.0 Å². The van der Waals surface area contributed by atoms with Gasteiger partial charge >= 0.3 is 12.1 Å². The molecule has 0 aliphatic rings. The fourth-order valence-electron chi connectivity index (χ4n) is 2.37. The van der Waals surface area contributed by atoms with Gasteiger partial charge in [-0.25, -0.2) is 0 Å². The number of hydrazine groups is 1. The van der Waals surface area contributed by atoms with E-state index in [2.05, 4.69) is 16.2 Å². The van der Waals surface area contributed by atoms with E-state index in [0.29, 0.717) is 10.7 Å². The van der Waals surface area contributed by atoms with Crippen LogP contribution in [0.4, 0.5) is 18.9 Å². The van der Waals surface area contributed by atoms with E-state index in [1.54, 1.807) is 24.3 Å². The Morgan fingerprint density at radius 3 is 2.33 bits per heavy atom. The molecule has 30 heavy (non-hydrogen) atoms. The molecule has 0 saturated carbocycles. The number of anilines is 1. The molecule has 5 nitrogen and oxygen atoms in total. The van der Waals surface area contributed by atoms with Crippen LogP contribution in [0.5, 0.6) is 0 Å². The monoisotopic (exact) mass is 473 g/mol. The van der Waals surface area contributed by atoms with E-state index < -0.39 is 17.6 Å². The highest BCUT2D eigenvalue weighted by atomic mass is 35.5. The van der Waals surface area contributed by atoms with Gasteiger partial charge in [0, 0.05) is 16.3 Å². The number of hydrogen-bond acceptors (Lipinski definition) is 3. The number of hydrogen-bond donors (Lipinski definition) is 3. The number of rotatable bonds is 3. The molecule has 1 heterocycles. The molecule has 3 N–H and O–H groups in total. The van der Waals surface area contributed by atoms with Gasteiger partial charge in [-0.3, -0.25) is 15.6 Å². The van der Waals surface area contributed by atoms with Crippen LogP contribution in [-0.2, 0) is 6.18 Å². The molecule has 1 amide bonds. The number of furan rings is 1. The van der Waals surface area contributed by atoms with Crippen LogP contribution < -0.4 is 16.2 Å². The third kappa shape index (κ3) is 5.44. The first-order chi connectivity index (χ1) is 14.1. The number of halogens is 5. The van der Waals surface area contributed by atoms with Crippen molar-refractivity contribution >= 4 is 52.1 Å². The molecule has 11 heteroatoms. The Hall–Kier alpha value is -2.75. The normalized spacial score (nSPS) is 11.1. The van der Waals surface area contributed by atoms with Gasteiger partial charge in [0.05, 0.1) is 10.6 Å². The summed E-state index contributed by atoms with van der Waals surface area (Å²) in [5.41, 5.74) is 4.58. The van der Waals surface area contributed by atoms with E-state index >= 15 is 0 Å². The molecule has 3 rings (SSSR count). The summed E-state index contributed by atoms with van der Waals surface area (Å²) in [6.45, 7) is 0. The number of amides is 1. The van der Waals surface area contributed by atoms with Crippen LogP contribution in [0.15, 0.2) is 59.0 Å². The van der Waals surface area contributed by atoms with E-state index in [1.807, 2.05) is 0 Å². The molecule has 0 saturated heterocycles. The summed E-state index contributed by atoms with van der Waals surface area (Å²) in [6, 6.07) is 12.2. The van der Waals surface area contributed by atoms with Gasteiger partial charge in [0.15, 0.2) is 10.9 Å². The Morgan fingerprint density at radius 1 is 0.967 bits per heavy atom. The maximum Gasteiger partial charge on any atom is 0.416 e. The fraction of sp³-hybridized carbons (Fsp3) is 0.0526. The minimum absolute atomic E-state index is 0.0121. The van der Waals surface area contributed by atoms with Crippen LogP contribution in [0.3, 0.4) is 0 Å². The van der Waals surface area contributed by atoms with E-state index in [-0.39, 0.29) is 27.2 Å². The van der Waals surface area contributed by atoms with Gasteiger partial charge < -0.3 is 9.73 Å². The Labute approximate surface area is 184 Å². The first-order valence-corrected chi connectivity index (χ1v) is 9.40. The van der Waals surface area contributed by atoms with Crippen molar-refractivity contribution in [2.45, 2.75) is 6.18 Å². The maximum absolute atomic E-state index is 12.9. The lowest BCUT2D eigenvalue weighted by Crippen LogP contribution is -2.43. The summed E-state index contributed by atoms with van der Waals surface area (Å²) in [7, 11) is 0.